The summed E-state index contributed by atoms with van der Waals surface area (Å²) in [7, 11) is 0. The molecule has 0 amide bonds. The van der Waals surface area contributed by atoms with Gasteiger partial charge in [-0.05, 0) is 28.1 Å². The van der Waals surface area contributed by atoms with E-state index in [2.05, 4.69) is 20.7 Å². The van der Waals surface area contributed by atoms with E-state index in [1.807, 2.05) is 0 Å². The first-order valence-corrected chi connectivity index (χ1v) is 4.92. The summed E-state index contributed by atoms with van der Waals surface area (Å²) >= 11 is 2.72. The van der Waals surface area contributed by atoms with E-state index < -0.39 is 35.9 Å². The van der Waals surface area contributed by atoms with Crippen molar-refractivity contribution in [3.63, 3.8) is 0 Å². The molecule has 1 aromatic carbocycles. The molecule has 0 aromatic heterocycles. The van der Waals surface area contributed by atoms with Crippen molar-refractivity contribution in [3.05, 3.63) is 28.0 Å². The molecule has 0 saturated heterocycles. The minimum atomic E-state index is -4.60. The zero-order valence-corrected chi connectivity index (χ0v) is 9.60. The maximum atomic E-state index is 13.0. The third-order valence-corrected chi connectivity index (χ3v) is 2.25. The summed E-state index contributed by atoms with van der Waals surface area (Å²) in [5.41, 5.74) is -0.671. The topological polar surface area (TPSA) is 46.5 Å². The molecule has 0 bridgehead atoms. The van der Waals surface area contributed by atoms with Gasteiger partial charge in [0.1, 0.15) is 17.1 Å². The van der Waals surface area contributed by atoms with Gasteiger partial charge in [-0.2, -0.15) is 13.2 Å². The molecule has 94 valence electrons. The largest absolute Gasteiger partial charge is 0.483 e. The van der Waals surface area contributed by atoms with Gasteiger partial charge in [0.05, 0.1) is 4.47 Å². The van der Waals surface area contributed by atoms with Crippen molar-refractivity contribution in [1.29, 1.82) is 0 Å². The Kier molecular flexibility index (Phi) is 3.97. The van der Waals surface area contributed by atoms with E-state index in [1.54, 1.807) is 0 Å². The number of carboxylic acids is 1. The van der Waals surface area contributed by atoms with Crippen LogP contribution in [-0.2, 0) is 0 Å². The highest BCUT2D eigenvalue weighted by atomic mass is 79.9. The van der Waals surface area contributed by atoms with Gasteiger partial charge in [0.15, 0.2) is 6.61 Å². The third kappa shape index (κ3) is 3.88. The number of carboxylic acid groups (broad SMARTS) is 1. The van der Waals surface area contributed by atoms with Gasteiger partial charge in [-0.3, -0.25) is 0 Å². The van der Waals surface area contributed by atoms with Crippen LogP contribution in [-0.4, -0.2) is 23.9 Å². The molecule has 0 atom stereocenters. The lowest BCUT2D eigenvalue weighted by Gasteiger charge is -2.11. The first kappa shape index (κ1) is 13.8. The number of ether oxygens (including phenoxy) is 1. The summed E-state index contributed by atoms with van der Waals surface area (Å²) in [6.07, 6.45) is -4.60. The molecule has 1 aromatic rings. The number of alkyl halides is 3. The van der Waals surface area contributed by atoms with Crippen LogP contribution in [0.2, 0.25) is 0 Å². The van der Waals surface area contributed by atoms with Gasteiger partial charge < -0.3 is 9.84 Å². The van der Waals surface area contributed by atoms with Crippen molar-refractivity contribution in [1.82, 2.24) is 0 Å². The summed E-state index contributed by atoms with van der Waals surface area (Å²) in [5.74, 6) is -3.03. The van der Waals surface area contributed by atoms with E-state index in [9.17, 15) is 22.4 Å². The molecule has 0 aliphatic rings. The molecule has 0 unspecified atom stereocenters. The lowest BCUT2D eigenvalue weighted by atomic mass is 10.2. The zero-order chi connectivity index (χ0) is 13.2. The van der Waals surface area contributed by atoms with Gasteiger partial charge in [-0.25, -0.2) is 9.18 Å². The van der Waals surface area contributed by atoms with Crippen LogP contribution in [0.25, 0.3) is 0 Å². The second-order valence-electron chi connectivity index (χ2n) is 2.97. The van der Waals surface area contributed by atoms with Gasteiger partial charge >= 0.3 is 12.1 Å². The highest BCUT2D eigenvalue weighted by Crippen LogP contribution is 2.28. The van der Waals surface area contributed by atoms with E-state index >= 15 is 0 Å². The summed E-state index contributed by atoms with van der Waals surface area (Å²) in [4.78, 5) is 10.7. The molecule has 1 rings (SSSR count). The van der Waals surface area contributed by atoms with Crippen LogP contribution >= 0.6 is 15.9 Å². The number of aromatic carboxylic acids is 1. The van der Waals surface area contributed by atoms with Crippen LogP contribution in [0.1, 0.15) is 10.4 Å². The summed E-state index contributed by atoms with van der Waals surface area (Å²) in [5, 5.41) is 8.67. The Bertz CT molecular complexity index is 445. The van der Waals surface area contributed by atoms with Crippen molar-refractivity contribution in [2.75, 3.05) is 6.61 Å². The standard InChI is InChI=1S/C9H5BrF4O3/c10-5-2-7(17-3-9(12,13)14)4(8(15)16)1-6(5)11/h1-2H,3H2,(H,15,16). The molecule has 0 radical (unpaired) electrons. The number of hydrogen-bond donors (Lipinski definition) is 1. The molecular weight excluding hydrogens is 312 g/mol. The first-order valence-electron chi connectivity index (χ1n) is 4.12. The second kappa shape index (κ2) is 4.91. The van der Waals surface area contributed by atoms with Crippen LogP contribution in [0.5, 0.6) is 5.75 Å². The molecule has 0 saturated carbocycles. The van der Waals surface area contributed by atoms with Crippen molar-refractivity contribution >= 4 is 21.9 Å². The molecule has 1 N–H and O–H groups in total. The van der Waals surface area contributed by atoms with Gasteiger partial charge in [-0.1, -0.05) is 0 Å². The minimum Gasteiger partial charge on any atom is -0.483 e. The van der Waals surface area contributed by atoms with Crippen molar-refractivity contribution in [2.45, 2.75) is 6.18 Å². The molecule has 3 nitrogen and oxygen atoms in total. The Morgan fingerprint density at radius 3 is 2.47 bits per heavy atom. The number of rotatable bonds is 3. The lowest BCUT2D eigenvalue weighted by Crippen LogP contribution is -2.20. The molecule has 0 heterocycles. The van der Waals surface area contributed by atoms with Crippen molar-refractivity contribution in [3.8, 4) is 5.75 Å². The summed E-state index contributed by atoms with van der Waals surface area (Å²) in [6.45, 7) is -1.65. The van der Waals surface area contributed by atoms with E-state index in [0.29, 0.717) is 6.07 Å². The first-order chi connectivity index (χ1) is 7.70. The maximum absolute atomic E-state index is 13.0. The zero-order valence-electron chi connectivity index (χ0n) is 8.02. The normalized spacial score (nSPS) is 11.4. The highest BCUT2D eigenvalue weighted by molar-refractivity contribution is 9.10. The number of halogens is 5. The van der Waals surface area contributed by atoms with Gasteiger partial charge in [0.2, 0.25) is 0 Å². The van der Waals surface area contributed by atoms with Crippen LogP contribution in [0.3, 0.4) is 0 Å². The molecular formula is C9H5BrF4O3. The number of benzene rings is 1. The van der Waals surface area contributed by atoms with E-state index in [4.69, 9.17) is 5.11 Å². The molecule has 0 fully saturated rings. The van der Waals surface area contributed by atoms with Crippen LogP contribution in [0.4, 0.5) is 17.6 Å². The molecule has 0 aliphatic carbocycles. The van der Waals surface area contributed by atoms with E-state index in [-0.39, 0.29) is 4.47 Å². The van der Waals surface area contributed by atoms with Crippen LogP contribution in [0, 0.1) is 5.82 Å². The highest BCUT2D eigenvalue weighted by Gasteiger charge is 2.29. The van der Waals surface area contributed by atoms with Crippen LogP contribution in [0.15, 0.2) is 16.6 Å². The van der Waals surface area contributed by atoms with Gasteiger partial charge in [0, 0.05) is 0 Å². The maximum Gasteiger partial charge on any atom is 0.422 e. The molecule has 17 heavy (non-hydrogen) atoms. The molecule has 8 heteroatoms. The Labute approximate surface area is 101 Å². The predicted molar refractivity (Wildman–Crippen MR) is 52.6 cm³/mol. The summed E-state index contributed by atoms with van der Waals surface area (Å²) < 4.78 is 52.8. The monoisotopic (exact) mass is 316 g/mol. The Morgan fingerprint density at radius 2 is 2.00 bits per heavy atom. The van der Waals surface area contributed by atoms with E-state index in [0.717, 1.165) is 6.07 Å². The van der Waals surface area contributed by atoms with Crippen molar-refractivity contribution < 1.29 is 32.2 Å². The Hall–Kier alpha value is -1.31. The SMILES string of the molecule is O=C(O)c1cc(F)c(Br)cc1OCC(F)(F)F. The Morgan fingerprint density at radius 1 is 1.41 bits per heavy atom. The third-order valence-electron chi connectivity index (χ3n) is 1.64. The Balaban J connectivity index is 3.05. The average Bonchev–Trinajstić information content (AvgIpc) is 2.17. The fourth-order valence-electron chi connectivity index (χ4n) is 0.975. The summed E-state index contributed by atoms with van der Waals surface area (Å²) in [6, 6.07) is 1.42. The quantitative estimate of drug-likeness (QED) is 0.871. The van der Waals surface area contributed by atoms with Gasteiger partial charge in [0.25, 0.3) is 0 Å². The average molecular weight is 317 g/mol. The van der Waals surface area contributed by atoms with Gasteiger partial charge in [-0.15, -0.1) is 0 Å². The second-order valence-corrected chi connectivity index (χ2v) is 3.83. The fraction of sp³-hybridized carbons (Fsp3) is 0.222. The number of hydrogen-bond acceptors (Lipinski definition) is 2. The smallest absolute Gasteiger partial charge is 0.422 e. The predicted octanol–water partition coefficient (Wildman–Crippen LogP) is 3.23. The fourth-order valence-corrected chi connectivity index (χ4v) is 1.30. The number of carbonyl (C=O) groups is 1. The van der Waals surface area contributed by atoms with Crippen molar-refractivity contribution in [2.24, 2.45) is 0 Å². The molecule has 0 aliphatic heterocycles. The van der Waals surface area contributed by atoms with Crippen LogP contribution < -0.4 is 4.74 Å². The minimum absolute atomic E-state index is 0.181. The van der Waals surface area contributed by atoms with E-state index in [1.165, 1.54) is 0 Å². The molecule has 0 spiro atoms. The lowest BCUT2D eigenvalue weighted by molar-refractivity contribution is -0.153.